The lowest BCUT2D eigenvalue weighted by molar-refractivity contribution is 0.608. The number of fused-ring (bicyclic) bond motifs is 1. The second kappa shape index (κ2) is 8.31. The standard InChI is InChI=1S/C22H17Cl2FN4/c1-13-10-16(29-22(24)27-13)4-2-14-11-17(5-7-19(14)25)28-20-8-9-26-21-12-15(23)3-6-18(20)21/h3,5-12H,2,4H2,1H3,(H,26,28). The van der Waals surface area contributed by atoms with Gasteiger partial charge in [-0.25, -0.2) is 14.4 Å². The van der Waals surface area contributed by atoms with Gasteiger partial charge in [0, 0.05) is 39.4 Å². The van der Waals surface area contributed by atoms with Crippen LogP contribution in [0.25, 0.3) is 10.9 Å². The predicted octanol–water partition coefficient (Wildman–Crippen LogP) is 6.31. The summed E-state index contributed by atoms with van der Waals surface area (Å²) >= 11 is 12.0. The molecule has 0 spiro atoms. The number of aromatic nitrogens is 3. The first-order chi connectivity index (χ1) is 14.0. The van der Waals surface area contributed by atoms with E-state index in [9.17, 15) is 4.39 Å². The topological polar surface area (TPSA) is 50.7 Å². The number of halogens is 3. The summed E-state index contributed by atoms with van der Waals surface area (Å²) in [6.07, 6.45) is 2.79. The monoisotopic (exact) mass is 426 g/mol. The van der Waals surface area contributed by atoms with Crippen molar-refractivity contribution in [2.45, 2.75) is 19.8 Å². The van der Waals surface area contributed by atoms with Crippen molar-refractivity contribution in [2.24, 2.45) is 0 Å². The fourth-order valence-corrected chi connectivity index (χ4v) is 3.62. The average Bonchev–Trinajstić information content (AvgIpc) is 2.67. The van der Waals surface area contributed by atoms with Gasteiger partial charge in [-0.2, -0.15) is 0 Å². The maximum Gasteiger partial charge on any atom is 0.222 e. The summed E-state index contributed by atoms with van der Waals surface area (Å²) in [6.45, 7) is 1.86. The van der Waals surface area contributed by atoms with Gasteiger partial charge in [0.1, 0.15) is 5.82 Å². The summed E-state index contributed by atoms with van der Waals surface area (Å²) in [5.41, 5.74) is 4.64. The first-order valence-electron chi connectivity index (χ1n) is 9.08. The zero-order chi connectivity index (χ0) is 20.4. The molecular formula is C22H17Cl2FN4. The minimum atomic E-state index is -0.251. The number of nitrogens with zero attached hydrogens (tertiary/aromatic N) is 3. The van der Waals surface area contributed by atoms with Crippen molar-refractivity contribution in [1.82, 2.24) is 15.0 Å². The highest BCUT2D eigenvalue weighted by Gasteiger charge is 2.08. The second-order valence-electron chi connectivity index (χ2n) is 6.72. The number of anilines is 2. The molecule has 7 heteroatoms. The van der Waals surface area contributed by atoms with E-state index in [2.05, 4.69) is 20.3 Å². The Bertz CT molecular complexity index is 1180. The van der Waals surface area contributed by atoms with Crippen LogP contribution >= 0.6 is 23.2 Å². The van der Waals surface area contributed by atoms with Gasteiger partial charge in [-0.3, -0.25) is 4.98 Å². The van der Waals surface area contributed by atoms with Crippen LogP contribution in [0.1, 0.15) is 17.0 Å². The molecule has 0 aliphatic rings. The molecule has 0 aliphatic heterocycles. The van der Waals surface area contributed by atoms with E-state index in [1.165, 1.54) is 6.07 Å². The minimum absolute atomic E-state index is 0.209. The highest BCUT2D eigenvalue weighted by molar-refractivity contribution is 6.31. The summed E-state index contributed by atoms with van der Waals surface area (Å²) < 4.78 is 14.4. The van der Waals surface area contributed by atoms with Gasteiger partial charge in [0.15, 0.2) is 0 Å². The molecule has 4 aromatic rings. The van der Waals surface area contributed by atoms with Gasteiger partial charge in [0.25, 0.3) is 0 Å². The van der Waals surface area contributed by atoms with Crippen LogP contribution in [0.15, 0.2) is 54.7 Å². The van der Waals surface area contributed by atoms with Crippen LogP contribution in [0.4, 0.5) is 15.8 Å². The number of hydrogen-bond donors (Lipinski definition) is 1. The van der Waals surface area contributed by atoms with Crippen molar-refractivity contribution < 1.29 is 4.39 Å². The first-order valence-corrected chi connectivity index (χ1v) is 9.83. The van der Waals surface area contributed by atoms with Crippen LogP contribution in [0.3, 0.4) is 0 Å². The molecule has 0 fully saturated rings. The zero-order valence-electron chi connectivity index (χ0n) is 15.6. The third-order valence-corrected chi connectivity index (χ3v) is 4.96. The summed E-state index contributed by atoms with van der Waals surface area (Å²) in [6, 6.07) is 14.3. The molecule has 0 saturated heterocycles. The summed E-state index contributed by atoms with van der Waals surface area (Å²) in [7, 11) is 0. The van der Waals surface area contributed by atoms with Gasteiger partial charge in [-0.05, 0) is 85.5 Å². The van der Waals surface area contributed by atoms with Crippen LogP contribution in [-0.4, -0.2) is 15.0 Å². The molecule has 4 nitrogen and oxygen atoms in total. The number of rotatable bonds is 5. The van der Waals surface area contributed by atoms with Crippen molar-refractivity contribution >= 4 is 45.5 Å². The van der Waals surface area contributed by atoms with E-state index in [1.807, 2.05) is 43.3 Å². The maximum absolute atomic E-state index is 14.4. The molecule has 0 atom stereocenters. The quantitative estimate of drug-likeness (QED) is 0.380. The molecule has 0 aliphatic carbocycles. The molecule has 2 aromatic heterocycles. The van der Waals surface area contributed by atoms with Crippen molar-refractivity contribution in [1.29, 1.82) is 0 Å². The molecule has 29 heavy (non-hydrogen) atoms. The van der Waals surface area contributed by atoms with E-state index in [0.29, 0.717) is 23.4 Å². The Morgan fingerprint density at radius 3 is 2.66 bits per heavy atom. The Morgan fingerprint density at radius 1 is 0.966 bits per heavy atom. The smallest absolute Gasteiger partial charge is 0.222 e. The molecule has 0 saturated carbocycles. The third-order valence-electron chi connectivity index (χ3n) is 4.56. The Balaban J connectivity index is 1.57. The molecule has 4 rings (SSSR count). The molecule has 0 bridgehead atoms. The Morgan fingerprint density at radius 2 is 1.83 bits per heavy atom. The van der Waals surface area contributed by atoms with E-state index in [-0.39, 0.29) is 11.1 Å². The van der Waals surface area contributed by atoms with Gasteiger partial charge < -0.3 is 5.32 Å². The number of hydrogen-bond acceptors (Lipinski definition) is 4. The van der Waals surface area contributed by atoms with E-state index in [4.69, 9.17) is 23.2 Å². The lowest BCUT2D eigenvalue weighted by Gasteiger charge is -2.12. The van der Waals surface area contributed by atoms with E-state index >= 15 is 0 Å². The van der Waals surface area contributed by atoms with Crippen LogP contribution in [0.5, 0.6) is 0 Å². The van der Waals surface area contributed by atoms with E-state index in [1.54, 1.807) is 12.3 Å². The SMILES string of the molecule is Cc1cc(CCc2cc(Nc3ccnc4cc(Cl)ccc34)ccc2F)nc(Cl)n1. The molecule has 0 radical (unpaired) electrons. The van der Waals surface area contributed by atoms with Crippen LogP contribution < -0.4 is 5.32 Å². The number of pyridine rings is 1. The van der Waals surface area contributed by atoms with Gasteiger partial charge in [0.05, 0.1) is 5.52 Å². The molecule has 2 heterocycles. The lowest BCUT2D eigenvalue weighted by Crippen LogP contribution is -2.01. The minimum Gasteiger partial charge on any atom is -0.355 e. The first kappa shape index (κ1) is 19.6. The average molecular weight is 427 g/mol. The van der Waals surface area contributed by atoms with Crippen molar-refractivity contribution in [3.05, 3.63) is 87.8 Å². The van der Waals surface area contributed by atoms with Gasteiger partial charge in [0.2, 0.25) is 5.28 Å². The Hall–Kier alpha value is -2.76. The lowest BCUT2D eigenvalue weighted by atomic mass is 10.1. The van der Waals surface area contributed by atoms with Crippen LogP contribution in [-0.2, 0) is 12.8 Å². The van der Waals surface area contributed by atoms with E-state index in [0.717, 1.165) is 33.7 Å². The summed E-state index contributed by atoms with van der Waals surface area (Å²) in [5.74, 6) is -0.251. The summed E-state index contributed by atoms with van der Waals surface area (Å²) in [4.78, 5) is 12.6. The molecule has 0 unspecified atom stereocenters. The number of nitrogens with one attached hydrogen (secondary N) is 1. The molecule has 1 N–H and O–H groups in total. The number of benzene rings is 2. The predicted molar refractivity (Wildman–Crippen MR) is 116 cm³/mol. The van der Waals surface area contributed by atoms with Crippen molar-refractivity contribution in [3.8, 4) is 0 Å². The van der Waals surface area contributed by atoms with Crippen molar-refractivity contribution in [3.63, 3.8) is 0 Å². The molecule has 146 valence electrons. The van der Waals surface area contributed by atoms with Crippen LogP contribution in [0.2, 0.25) is 10.3 Å². The number of aryl methyl sites for hydroxylation is 3. The van der Waals surface area contributed by atoms with Gasteiger partial charge in [-0.15, -0.1) is 0 Å². The Kier molecular flexibility index (Phi) is 5.60. The molecular weight excluding hydrogens is 410 g/mol. The molecule has 2 aromatic carbocycles. The van der Waals surface area contributed by atoms with Crippen molar-refractivity contribution in [2.75, 3.05) is 5.32 Å². The Labute approximate surface area is 177 Å². The largest absolute Gasteiger partial charge is 0.355 e. The van der Waals surface area contributed by atoms with Gasteiger partial charge >= 0.3 is 0 Å². The highest BCUT2D eigenvalue weighted by Crippen LogP contribution is 2.28. The summed E-state index contributed by atoms with van der Waals surface area (Å²) in [5, 5.41) is 5.13. The van der Waals surface area contributed by atoms with Crippen LogP contribution in [0, 0.1) is 12.7 Å². The van der Waals surface area contributed by atoms with E-state index < -0.39 is 0 Å². The fourth-order valence-electron chi connectivity index (χ4n) is 3.22. The molecule has 0 amide bonds. The highest BCUT2D eigenvalue weighted by atomic mass is 35.5. The zero-order valence-corrected chi connectivity index (χ0v) is 17.1. The maximum atomic E-state index is 14.4. The second-order valence-corrected chi connectivity index (χ2v) is 7.50. The third kappa shape index (κ3) is 4.63. The van der Waals surface area contributed by atoms with Gasteiger partial charge in [-0.1, -0.05) is 11.6 Å². The normalized spacial score (nSPS) is 11.0. The fraction of sp³-hybridized carbons (Fsp3) is 0.136.